The van der Waals surface area contributed by atoms with E-state index in [1.54, 1.807) is 33.9 Å². The van der Waals surface area contributed by atoms with Gasteiger partial charge in [-0.05, 0) is 77.3 Å². The van der Waals surface area contributed by atoms with Gasteiger partial charge in [0.15, 0.2) is 0 Å². The third-order valence-electron chi connectivity index (χ3n) is 12.6. The number of para-hydroxylation sites is 1. The first-order valence-corrected chi connectivity index (χ1v) is 23.7. The van der Waals surface area contributed by atoms with Crippen molar-refractivity contribution in [3.05, 3.63) is 107 Å². The highest BCUT2D eigenvalue weighted by Gasteiger charge is 2.39. The normalized spacial score (nSPS) is 15.4. The molecule has 9 N–H and O–H groups in total. The molecule has 6 amide bonds. The minimum Gasteiger partial charge on any atom is -0.481 e. The van der Waals surface area contributed by atoms with Gasteiger partial charge in [-0.25, -0.2) is 4.79 Å². The number of nitrogens with one attached hydrogen (secondary N) is 7. The average molecular weight is 950 g/mol. The Morgan fingerprint density at radius 3 is 1.64 bits per heavy atom. The van der Waals surface area contributed by atoms with Gasteiger partial charge in [-0.15, -0.1) is 0 Å². The van der Waals surface area contributed by atoms with Gasteiger partial charge in [0.1, 0.15) is 36.3 Å². The Morgan fingerprint density at radius 1 is 0.609 bits per heavy atom. The smallest absolute Gasteiger partial charge is 0.326 e. The molecule has 0 saturated carbocycles. The zero-order valence-electron chi connectivity index (χ0n) is 40.4. The molecule has 0 saturated heterocycles. The SMILES string of the molecule is CC[C@H](C)[C@H](NC(=O)[C@H](CC(C)C)NC(=O)[C@H](CC(=O)O)NC(=O)[C@H](CC(C)C)NC(=O)[C@H](NC(C)=O)C1c2ccccc2CCc2ccccc21)C(=O)N[C@@H](Cc1c[nH]c2ccccc12)C(=O)O. The lowest BCUT2D eigenvalue weighted by molar-refractivity contribution is -0.142. The fraction of sp³-hybridized carbons (Fsp3) is 0.462. The molecule has 0 spiro atoms. The molecule has 17 nitrogen and oxygen atoms in total. The molecular weight excluding hydrogens is 883 g/mol. The average Bonchev–Trinajstić information content (AvgIpc) is 3.62. The molecule has 1 aliphatic rings. The van der Waals surface area contributed by atoms with Crippen LogP contribution in [0, 0.1) is 17.8 Å². The number of hydrogen-bond acceptors (Lipinski definition) is 8. The minimum absolute atomic E-state index is 0.0441. The third kappa shape index (κ3) is 14.2. The molecule has 7 atom stereocenters. The highest BCUT2D eigenvalue weighted by atomic mass is 16.4. The fourth-order valence-electron chi connectivity index (χ4n) is 8.98. The van der Waals surface area contributed by atoms with Crippen LogP contribution in [-0.4, -0.2) is 98.8 Å². The molecule has 3 aromatic carbocycles. The first-order chi connectivity index (χ1) is 32.8. The van der Waals surface area contributed by atoms with Crippen LogP contribution in [0.1, 0.15) is 108 Å². The summed E-state index contributed by atoms with van der Waals surface area (Å²) in [5.41, 5.74) is 5.18. The number of rotatable bonds is 23. The summed E-state index contributed by atoms with van der Waals surface area (Å²) >= 11 is 0. The van der Waals surface area contributed by atoms with Crippen LogP contribution in [-0.2, 0) is 57.6 Å². The maximum absolute atomic E-state index is 14.6. The number of aliphatic carboxylic acids is 2. The second-order valence-electron chi connectivity index (χ2n) is 18.9. The van der Waals surface area contributed by atoms with Crippen molar-refractivity contribution in [1.82, 2.24) is 36.9 Å². The van der Waals surface area contributed by atoms with E-state index in [0.717, 1.165) is 33.2 Å². The molecule has 1 heterocycles. The number of carbonyl (C=O) groups is 8. The van der Waals surface area contributed by atoms with Crippen molar-refractivity contribution in [2.75, 3.05) is 0 Å². The fourth-order valence-corrected chi connectivity index (χ4v) is 8.98. The third-order valence-corrected chi connectivity index (χ3v) is 12.6. The van der Waals surface area contributed by atoms with Crippen molar-refractivity contribution in [1.29, 1.82) is 0 Å². The summed E-state index contributed by atoms with van der Waals surface area (Å²) in [6, 6.07) is 14.7. The summed E-state index contributed by atoms with van der Waals surface area (Å²) in [4.78, 5) is 112. The van der Waals surface area contributed by atoms with E-state index in [1.807, 2.05) is 86.6 Å². The van der Waals surface area contributed by atoms with E-state index in [2.05, 4.69) is 36.9 Å². The van der Waals surface area contributed by atoms with Crippen LogP contribution < -0.4 is 31.9 Å². The van der Waals surface area contributed by atoms with Crippen molar-refractivity contribution in [3.63, 3.8) is 0 Å². The molecule has 0 fully saturated rings. The summed E-state index contributed by atoms with van der Waals surface area (Å²) in [6.45, 7) is 12.1. The Balaban J connectivity index is 1.35. The quantitative estimate of drug-likeness (QED) is 0.0510. The molecule has 5 rings (SSSR count). The number of H-pyrrole nitrogens is 1. The number of carboxylic acid groups (broad SMARTS) is 2. The standard InChI is InChI=1S/C52H67N7O10/c1-8-30(6)45(50(66)58-42(52(68)69)25-34-27-53-38-20-14-13-17-35(34)38)59-49(65)40(24-29(4)5)55-48(64)41(26-43(61)62)56-47(63)39(23-28(2)3)57-51(67)46(54-31(7)60)44-36-18-11-9-15-32(36)21-22-33-16-10-12-19-37(33)44/h9-20,27-30,39-42,44-46,53H,8,21-26H2,1-7H3,(H,54,60)(H,55,64)(H,56,63)(H,57,67)(H,58,66)(H,59,65)(H,61,62)(H,68,69)/t30-,39-,40-,41-,42-,45-,46+/m0/s1. The van der Waals surface area contributed by atoms with E-state index in [4.69, 9.17) is 0 Å². The Morgan fingerprint density at radius 2 is 1.10 bits per heavy atom. The molecule has 1 aromatic heterocycles. The number of aromatic nitrogens is 1. The molecule has 0 radical (unpaired) electrons. The molecule has 69 heavy (non-hydrogen) atoms. The van der Waals surface area contributed by atoms with Crippen LogP contribution in [0.2, 0.25) is 0 Å². The van der Waals surface area contributed by atoms with Gasteiger partial charge >= 0.3 is 11.9 Å². The van der Waals surface area contributed by atoms with Gasteiger partial charge in [0, 0.05) is 36.4 Å². The number of benzene rings is 3. The molecule has 17 heteroatoms. The van der Waals surface area contributed by atoms with Gasteiger partial charge < -0.3 is 47.1 Å². The maximum atomic E-state index is 14.6. The molecule has 370 valence electrons. The zero-order valence-corrected chi connectivity index (χ0v) is 40.4. The summed E-state index contributed by atoms with van der Waals surface area (Å²) in [5.74, 6) is -8.74. The van der Waals surface area contributed by atoms with Crippen molar-refractivity contribution in [3.8, 4) is 0 Å². The first kappa shape index (κ1) is 52.9. The van der Waals surface area contributed by atoms with Gasteiger partial charge in [-0.2, -0.15) is 0 Å². The van der Waals surface area contributed by atoms with Gasteiger partial charge in [-0.1, -0.05) is 115 Å². The molecule has 4 aromatic rings. The predicted molar refractivity (Wildman–Crippen MR) is 260 cm³/mol. The molecule has 1 aliphatic carbocycles. The second kappa shape index (κ2) is 24.3. The van der Waals surface area contributed by atoms with Crippen LogP contribution in [0.4, 0.5) is 0 Å². The Labute approximate surface area is 402 Å². The van der Waals surface area contributed by atoms with Crippen molar-refractivity contribution < 1.29 is 48.6 Å². The molecule has 0 bridgehead atoms. The van der Waals surface area contributed by atoms with Gasteiger partial charge in [0.25, 0.3) is 0 Å². The monoisotopic (exact) mass is 949 g/mol. The van der Waals surface area contributed by atoms with E-state index in [-0.39, 0.29) is 31.1 Å². The molecular formula is C52H67N7O10. The highest BCUT2D eigenvalue weighted by Crippen LogP contribution is 2.37. The van der Waals surface area contributed by atoms with E-state index in [1.165, 1.54) is 6.92 Å². The van der Waals surface area contributed by atoms with Crippen LogP contribution in [0.25, 0.3) is 10.9 Å². The predicted octanol–water partition coefficient (Wildman–Crippen LogP) is 4.27. The largest absolute Gasteiger partial charge is 0.481 e. The summed E-state index contributed by atoms with van der Waals surface area (Å²) in [6.07, 6.45) is 2.69. The number of hydrogen-bond donors (Lipinski definition) is 9. The number of carbonyl (C=O) groups excluding carboxylic acids is 6. The van der Waals surface area contributed by atoms with Crippen LogP contribution in [0.15, 0.2) is 79.0 Å². The van der Waals surface area contributed by atoms with Crippen molar-refractivity contribution in [2.45, 2.75) is 136 Å². The lowest BCUT2D eigenvalue weighted by Gasteiger charge is -2.31. The van der Waals surface area contributed by atoms with Crippen molar-refractivity contribution >= 4 is 58.3 Å². The number of aromatic amines is 1. The Kier molecular flexibility index (Phi) is 18.6. The lowest BCUT2D eigenvalue weighted by Crippen LogP contribution is -2.61. The zero-order chi connectivity index (χ0) is 50.5. The van der Waals surface area contributed by atoms with E-state index < -0.39 is 102 Å². The Bertz CT molecular complexity index is 2450. The summed E-state index contributed by atoms with van der Waals surface area (Å²) in [7, 11) is 0. The number of amides is 6. The first-order valence-electron chi connectivity index (χ1n) is 23.7. The number of carboxylic acids is 2. The maximum Gasteiger partial charge on any atom is 0.326 e. The molecule has 0 unspecified atom stereocenters. The van der Waals surface area contributed by atoms with E-state index in [0.29, 0.717) is 24.8 Å². The topological polar surface area (TPSA) is 265 Å². The number of aryl methyl sites for hydroxylation is 2. The Hall–Kier alpha value is -7.04. The van der Waals surface area contributed by atoms with Gasteiger partial charge in [0.05, 0.1) is 6.42 Å². The number of fused-ring (bicyclic) bond motifs is 3. The van der Waals surface area contributed by atoms with Gasteiger partial charge in [0.2, 0.25) is 35.4 Å². The van der Waals surface area contributed by atoms with Crippen LogP contribution in [0.5, 0.6) is 0 Å². The molecule has 0 aliphatic heterocycles. The van der Waals surface area contributed by atoms with Gasteiger partial charge in [-0.3, -0.25) is 33.6 Å². The van der Waals surface area contributed by atoms with E-state index in [9.17, 15) is 48.6 Å². The lowest BCUT2D eigenvalue weighted by atomic mass is 9.82. The highest BCUT2D eigenvalue weighted by molar-refractivity contribution is 5.98. The van der Waals surface area contributed by atoms with E-state index >= 15 is 0 Å². The van der Waals surface area contributed by atoms with Crippen molar-refractivity contribution in [2.24, 2.45) is 17.8 Å². The van der Waals surface area contributed by atoms with Crippen LogP contribution >= 0.6 is 0 Å². The van der Waals surface area contributed by atoms with Crippen LogP contribution in [0.3, 0.4) is 0 Å². The summed E-state index contributed by atoms with van der Waals surface area (Å²) < 4.78 is 0. The minimum atomic E-state index is -1.72. The summed E-state index contributed by atoms with van der Waals surface area (Å²) in [5, 5.41) is 37.0. The second-order valence-corrected chi connectivity index (χ2v) is 18.9.